The topological polar surface area (TPSA) is 59.2 Å². The number of nitrogens with zero attached hydrogens (tertiary/aromatic N) is 3. The first-order valence-corrected chi connectivity index (χ1v) is 8.76. The van der Waals surface area contributed by atoms with Crippen molar-refractivity contribution in [1.82, 2.24) is 15.1 Å². The Bertz CT molecular complexity index is 862. The molecule has 3 aromatic rings. The van der Waals surface area contributed by atoms with Gasteiger partial charge < -0.3 is 9.32 Å². The molecular weight excluding hydrogens is 334 g/mol. The third-order valence-corrected chi connectivity index (χ3v) is 4.73. The average molecular weight is 353 g/mol. The molecule has 2 aromatic carbocycles. The van der Waals surface area contributed by atoms with Crippen molar-refractivity contribution in [1.29, 1.82) is 0 Å². The summed E-state index contributed by atoms with van der Waals surface area (Å²) < 4.78 is 5.78. The molecule has 0 spiro atoms. The van der Waals surface area contributed by atoms with Crippen LogP contribution in [0.5, 0.6) is 0 Å². The van der Waals surface area contributed by atoms with Gasteiger partial charge in [-0.05, 0) is 36.4 Å². The minimum absolute atomic E-state index is 0.0218. The third-order valence-electron chi connectivity index (χ3n) is 3.66. The molecule has 3 rings (SSSR count). The lowest BCUT2D eigenvalue weighted by molar-refractivity contribution is -0.128. The van der Waals surface area contributed by atoms with Crippen LogP contribution in [-0.2, 0) is 4.79 Å². The number of carbonyl (C=O) groups excluding carboxylic acids is 1. The summed E-state index contributed by atoms with van der Waals surface area (Å²) >= 11 is 1.27. The second kappa shape index (κ2) is 7.53. The van der Waals surface area contributed by atoms with Crippen LogP contribution in [0.25, 0.3) is 11.5 Å². The number of benzene rings is 2. The smallest absolute Gasteiger partial charge is 0.277 e. The molecule has 0 saturated heterocycles. The summed E-state index contributed by atoms with van der Waals surface area (Å²) in [5.41, 5.74) is 2.89. The van der Waals surface area contributed by atoms with Crippen LogP contribution >= 0.6 is 11.8 Å². The van der Waals surface area contributed by atoms with E-state index in [1.165, 1.54) is 11.8 Å². The summed E-state index contributed by atoms with van der Waals surface area (Å²) in [6, 6.07) is 17.5. The standard InChI is InChI=1S/C19H19N3O2S/c1-13-8-7-11-15(12-13)17-20-21-19(24-17)25-16(18(23)22(2)3)14-9-5-4-6-10-14/h4-12,16H,1-3H3/t16-/m1/s1. The maximum absolute atomic E-state index is 12.6. The van der Waals surface area contributed by atoms with Gasteiger partial charge in [0.1, 0.15) is 5.25 Å². The maximum Gasteiger partial charge on any atom is 0.277 e. The van der Waals surface area contributed by atoms with Crippen molar-refractivity contribution in [2.24, 2.45) is 0 Å². The maximum atomic E-state index is 12.6. The molecule has 0 bridgehead atoms. The van der Waals surface area contributed by atoms with Gasteiger partial charge in [-0.3, -0.25) is 4.79 Å². The summed E-state index contributed by atoms with van der Waals surface area (Å²) in [6.45, 7) is 2.01. The Morgan fingerprint density at radius 3 is 2.52 bits per heavy atom. The molecule has 25 heavy (non-hydrogen) atoms. The zero-order chi connectivity index (χ0) is 17.8. The van der Waals surface area contributed by atoms with E-state index in [9.17, 15) is 4.79 Å². The largest absolute Gasteiger partial charge is 0.411 e. The predicted octanol–water partition coefficient (Wildman–Crippen LogP) is 3.97. The fraction of sp³-hybridized carbons (Fsp3) is 0.211. The number of hydrogen-bond donors (Lipinski definition) is 0. The molecule has 0 aliphatic heterocycles. The highest BCUT2D eigenvalue weighted by Gasteiger charge is 2.26. The minimum Gasteiger partial charge on any atom is -0.411 e. The van der Waals surface area contributed by atoms with E-state index in [4.69, 9.17) is 4.42 Å². The lowest BCUT2D eigenvalue weighted by Crippen LogP contribution is -2.26. The Morgan fingerprint density at radius 2 is 1.84 bits per heavy atom. The van der Waals surface area contributed by atoms with Gasteiger partial charge in [-0.1, -0.05) is 48.0 Å². The summed E-state index contributed by atoms with van der Waals surface area (Å²) in [5.74, 6) is 0.432. The van der Waals surface area contributed by atoms with Crippen LogP contribution in [0.15, 0.2) is 64.2 Å². The highest BCUT2D eigenvalue weighted by Crippen LogP contribution is 2.36. The van der Waals surface area contributed by atoms with E-state index >= 15 is 0 Å². The van der Waals surface area contributed by atoms with Crippen LogP contribution in [-0.4, -0.2) is 35.1 Å². The molecule has 0 unspecified atom stereocenters. The van der Waals surface area contributed by atoms with Gasteiger partial charge in [0.25, 0.3) is 5.22 Å². The van der Waals surface area contributed by atoms with Gasteiger partial charge in [-0.2, -0.15) is 0 Å². The molecule has 1 amide bonds. The molecule has 128 valence electrons. The molecule has 1 aromatic heterocycles. The Labute approximate surface area is 151 Å². The van der Waals surface area contributed by atoms with Gasteiger partial charge in [0, 0.05) is 19.7 Å². The second-order valence-corrected chi connectivity index (χ2v) is 6.94. The van der Waals surface area contributed by atoms with E-state index in [1.54, 1.807) is 19.0 Å². The van der Waals surface area contributed by atoms with Crippen LogP contribution in [0.3, 0.4) is 0 Å². The van der Waals surface area contributed by atoms with Gasteiger partial charge in [0.05, 0.1) is 0 Å². The van der Waals surface area contributed by atoms with Gasteiger partial charge in [0.2, 0.25) is 11.8 Å². The molecule has 0 fully saturated rings. The number of aromatic nitrogens is 2. The Morgan fingerprint density at radius 1 is 1.08 bits per heavy atom. The number of carbonyl (C=O) groups is 1. The highest BCUT2D eigenvalue weighted by molar-refractivity contribution is 8.00. The van der Waals surface area contributed by atoms with Gasteiger partial charge >= 0.3 is 0 Å². The van der Waals surface area contributed by atoms with E-state index in [2.05, 4.69) is 10.2 Å². The van der Waals surface area contributed by atoms with Crippen molar-refractivity contribution in [2.45, 2.75) is 17.4 Å². The van der Waals surface area contributed by atoms with Gasteiger partial charge in [0.15, 0.2) is 0 Å². The predicted molar refractivity (Wildman–Crippen MR) is 98.2 cm³/mol. The number of rotatable bonds is 5. The number of amides is 1. The van der Waals surface area contributed by atoms with Crippen molar-refractivity contribution >= 4 is 17.7 Å². The summed E-state index contributed by atoms with van der Waals surface area (Å²) in [5, 5.41) is 8.17. The summed E-state index contributed by atoms with van der Waals surface area (Å²) in [4.78, 5) is 14.2. The molecule has 5 nitrogen and oxygen atoms in total. The van der Waals surface area contributed by atoms with Crippen molar-refractivity contribution < 1.29 is 9.21 Å². The first kappa shape index (κ1) is 17.2. The normalized spacial score (nSPS) is 12.0. The van der Waals surface area contributed by atoms with Crippen molar-refractivity contribution in [3.63, 3.8) is 0 Å². The van der Waals surface area contributed by atoms with Gasteiger partial charge in [-0.25, -0.2) is 0 Å². The lowest BCUT2D eigenvalue weighted by Gasteiger charge is -2.18. The summed E-state index contributed by atoms with van der Waals surface area (Å²) in [6.07, 6.45) is 0. The van der Waals surface area contributed by atoms with Gasteiger partial charge in [-0.15, -0.1) is 10.2 Å². The van der Waals surface area contributed by atoms with E-state index in [1.807, 2.05) is 61.5 Å². The minimum atomic E-state index is -0.429. The second-order valence-electron chi connectivity index (χ2n) is 5.88. The highest BCUT2D eigenvalue weighted by atomic mass is 32.2. The molecule has 1 heterocycles. The fourth-order valence-corrected chi connectivity index (χ4v) is 3.40. The fourth-order valence-electron chi connectivity index (χ4n) is 2.38. The number of hydrogen-bond acceptors (Lipinski definition) is 5. The average Bonchev–Trinajstić information content (AvgIpc) is 3.08. The number of aryl methyl sites for hydroxylation is 1. The first-order chi connectivity index (χ1) is 12.0. The van der Waals surface area contributed by atoms with E-state index in [0.29, 0.717) is 11.1 Å². The number of thioether (sulfide) groups is 1. The van der Waals surface area contributed by atoms with Crippen molar-refractivity contribution in [3.8, 4) is 11.5 Å². The molecule has 6 heteroatoms. The van der Waals surface area contributed by atoms with Crippen LogP contribution < -0.4 is 0 Å². The Hall–Kier alpha value is -2.60. The molecule has 0 N–H and O–H groups in total. The van der Waals surface area contributed by atoms with E-state index < -0.39 is 5.25 Å². The molecule has 0 saturated carbocycles. The van der Waals surface area contributed by atoms with Crippen molar-refractivity contribution in [3.05, 3.63) is 65.7 Å². The Balaban J connectivity index is 1.87. The molecule has 0 radical (unpaired) electrons. The molecular formula is C19H19N3O2S. The third kappa shape index (κ3) is 4.09. The molecule has 1 atom stereocenters. The van der Waals surface area contributed by atoms with Crippen molar-refractivity contribution in [2.75, 3.05) is 14.1 Å². The quantitative estimate of drug-likeness (QED) is 0.650. The molecule has 0 aliphatic carbocycles. The van der Waals surface area contributed by atoms with E-state index in [0.717, 1.165) is 16.7 Å². The van der Waals surface area contributed by atoms with Crippen LogP contribution in [0.1, 0.15) is 16.4 Å². The monoisotopic (exact) mass is 353 g/mol. The van der Waals surface area contributed by atoms with Crippen LogP contribution in [0.4, 0.5) is 0 Å². The molecule has 0 aliphatic rings. The van der Waals surface area contributed by atoms with Crippen LogP contribution in [0.2, 0.25) is 0 Å². The van der Waals surface area contributed by atoms with E-state index in [-0.39, 0.29) is 5.91 Å². The van der Waals surface area contributed by atoms with Crippen LogP contribution in [0, 0.1) is 6.92 Å². The lowest BCUT2D eigenvalue weighted by atomic mass is 10.1. The summed E-state index contributed by atoms with van der Waals surface area (Å²) in [7, 11) is 3.48. The Kier molecular flexibility index (Phi) is 5.19. The number of likely N-dealkylation sites (N-methyl/N-ethyl adjacent to an activating group) is 1. The zero-order valence-electron chi connectivity index (χ0n) is 14.3. The first-order valence-electron chi connectivity index (χ1n) is 7.88. The zero-order valence-corrected chi connectivity index (χ0v) is 15.2. The SMILES string of the molecule is Cc1cccc(-c2nnc(S[C@@H](C(=O)N(C)C)c3ccccc3)o2)c1.